The molecule has 2 saturated carbocycles. The molecular weight excluding hydrogens is 638 g/mol. The number of carbonyl (C=O) groups excluding carboxylic acids is 2. The van der Waals surface area contributed by atoms with E-state index in [1.54, 1.807) is 0 Å². The van der Waals surface area contributed by atoms with Crippen molar-refractivity contribution in [1.82, 2.24) is 4.90 Å². The smallest absolute Gasteiger partial charge is 0.222 e. The third-order valence-electron chi connectivity index (χ3n) is 13.5. The molecule has 1 aromatic carbocycles. The molecule has 1 amide bonds. The van der Waals surface area contributed by atoms with Crippen LogP contribution in [0.25, 0.3) is 0 Å². The molecule has 2 aliphatic heterocycles. The van der Waals surface area contributed by atoms with Gasteiger partial charge in [-0.3, -0.25) is 9.59 Å². The maximum Gasteiger partial charge on any atom is 0.222 e. The molecule has 0 radical (unpaired) electrons. The van der Waals surface area contributed by atoms with E-state index in [1.807, 2.05) is 11.9 Å². The molecule has 2 unspecified atom stereocenters. The zero-order valence-corrected chi connectivity index (χ0v) is 32.3. The van der Waals surface area contributed by atoms with E-state index < -0.39 is 0 Å². The summed E-state index contributed by atoms with van der Waals surface area (Å²) in [5.41, 5.74) is 2.26. The number of fused-ring (bicyclic) bond motifs is 5. The lowest BCUT2D eigenvalue weighted by molar-refractivity contribution is -0.213. The fourth-order valence-electron chi connectivity index (χ4n) is 10.5. The minimum Gasteiger partial charge on any atom is -0.465 e. The molecule has 2 heterocycles. The van der Waals surface area contributed by atoms with Crippen LogP contribution in [0.5, 0.6) is 5.75 Å². The summed E-state index contributed by atoms with van der Waals surface area (Å²) in [6.45, 7) is 7.09. The zero-order valence-electron chi connectivity index (χ0n) is 32.3. The third kappa shape index (κ3) is 9.59. The molecule has 0 N–H and O–H groups in total. The van der Waals surface area contributed by atoms with Crippen molar-refractivity contribution in [2.24, 2.45) is 23.2 Å². The Labute approximate surface area is 309 Å². The summed E-state index contributed by atoms with van der Waals surface area (Å²) < 4.78 is 25.0. The molecule has 51 heavy (non-hydrogen) atoms. The summed E-state index contributed by atoms with van der Waals surface area (Å²) in [5, 5.41) is 0. The van der Waals surface area contributed by atoms with E-state index in [1.165, 1.54) is 44.1 Å². The molecule has 3 aliphatic carbocycles. The van der Waals surface area contributed by atoms with Crippen LogP contribution < -0.4 is 4.74 Å². The molecule has 0 bridgehead atoms. The van der Waals surface area contributed by atoms with Crippen LogP contribution in [0.4, 0.5) is 0 Å². The topological polar surface area (TPSA) is 74.3 Å². The highest BCUT2D eigenvalue weighted by atomic mass is 16.7. The number of carbonyl (C=O) groups is 2. The Morgan fingerprint density at radius 1 is 0.863 bits per heavy atom. The van der Waals surface area contributed by atoms with Crippen molar-refractivity contribution in [2.75, 3.05) is 26.8 Å². The van der Waals surface area contributed by atoms with Gasteiger partial charge in [-0.05, 0) is 118 Å². The van der Waals surface area contributed by atoms with Gasteiger partial charge in [0.2, 0.25) is 5.91 Å². The molecule has 6 rings (SSSR count). The summed E-state index contributed by atoms with van der Waals surface area (Å²) in [6, 6.07) is 6.38. The van der Waals surface area contributed by atoms with Crippen molar-refractivity contribution < 1.29 is 28.5 Å². The lowest BCUT2D eigenvalue weighted by Crippen LogP contribution is -2.50. The van der Waals surface area contributed by atoms with Crippen molar-refractivity contribution in [3.63, 3.8) is 0 Å². The fourth-order valence-corrected chi connectivity index (χ4v) is 10.5. The van der Waals surface area contributed by atoms with Crippen molar-refractivity contribution in [1.29, 1.82) is 0 Å². The predicted octanol–water partition coefficient (Wildman–Crippen LogP) is 10.4. The van der Waals surface area contributed by atoms with Crippen LogP contribution in [-0.4, -0.2) is 62.1 Å². The molecule has 7 heteroatoms. The number of ketones is 1. The van der Waals surface area contributed by atoms with E-state index in [9.17, 15) is 9.59 Å². The highest BCUT2D eigenvalue weighted by Gasteiger charge is 2.59. The second-order valence-corrected chi connectivity index (χ2v) is 17.0. The number of ether oxygens (including phenoxy) is 4. The number of Topliss-reactive ketones (excluding diaryl/α,β-unsaturated/α-hetero) is 1. The Balaban J connectivity index is 1.05. The Morgan fingerprint density at radius 3 is 2.27 bits per heavy atom. The fraction of sp³-hybridized carbons (Fsp3) is 0.818. The van der Waals surface area contributed by atoms with Crippen molar-refractivity contribution >= 4 is 11.7 Å². The highest BCUT2D eigenvalue weighted by molar-refractivity contribution is 6.01. The van der Waals surface area contributed by atoms with E-state index in [2.05, 4.69) is 32.0 Å². The average molecular weight is 708 g/mol. The number of hydrogen-bond donors (Lipinski definition) is 0. The summed E-state index contributed by atoms with van der Waals surface area (Å²) >= 11 is 0. The maximum atomic E-state index is 14.7. The Hall–Kier alpha value is -1.96. The largest absolute Gasteiger partial charge is 0.465 e. The molecule has 0 spiro atoms. The first-order valence-electron chi connectivity index (χ1n) is 21.4. The standard InChI is InChI=1S/C44H69NO6/c1-4-5-28-45(3)39(46)19-13-11-9-7-6-8-10-12-18-35-42-34(26-27-44(2)37(42)24-25-38(44)51-41-21-15-17-30-49-41)33-23-22-32(31-36(33)43(35)47)50-40-20-14-16-29-48-40/h22-23,31,34-35,37-38,40-42H,4-21,24-30H2,1-3H3/t34-,35+,37+,38+,40?,41?,42+,44+/m1/s1. The maximum absolute atomic E-state index is 14.7. The van der Waals surface area contributed by atoms with Crippen molar-refractivity contribution in [3.8, 4) is 5.75 Å². The number of rotatable bonds is 18. The monoisotopic (exact) mass is 708 g/mol. The highest BCUT2D eigenvalue weighted by Crippen LogP contribution is 2.63. The van der Waals surface area contributed by atoms with Crippen LogP contribution >= 0.6 is 0 Å². The van der Waals surface area contributed by atoms with Gasteiger partial charge >= 0.3 is 0 Å². The van der Waals surface area contributed by atoms with Gasteiger partial charge in [0.25, 0.3) is 0 Å². The predicted molar refractivity (Wildman–Crippen MR) is 202 cm³/mol. The Bertz CT molecular complexity index is 1260. The van der Waals surface area contributed by atoms with Gasteiger partial charge in [0, 0.05) is 44.5 Å². The molecule has 8 atom stereocenters. The van der Waals surface area contributed by atoms with Crippen molar-refractivity contribution in [2.45, 2.75) is 180 Å². The van der Waals surface area contributed by atoms with Crippen LogP contribution in [0.3, 0.4) is 0 Å². The van der Waals surface area contributed by atoms with E-state index in [4.69, 9.17) is 18.9 Å². The molecular formula is C44H69NO6. The third-order valence-corrected chi connectivity index (χ3v) is 13.5. The SMILES string of the molecule is CCCCN(C)C(=O)CCCCCCCCCC[C@@H]1C(=O)c2cc(OC3CCCCO3)ccc2[C@H]2CC[C@]3(C)[C@@H](OC4CCCCO4)CC[C@H]3[C@H]12. The van der Waals surface area contributed by atoms with Crippen molar-refractivity contribution in [3.05, 3.63) is 29.3 Å². The first-order chi connectivity index (χ1) is 24.9. The van der Waals surface area contributed by atoms with Gasteiger partial charge in [0.05, 0.1) is 12.7 Å². The number of unbranched alkanes of at least 4 members (excludes halogenated alkanes) is 8. The lowest BCUT2D eigenvalue weighted by Gasteiger charge is -2.53. The molecule has 286 valence electrons. The Morgan fingerprint density at radius 2 is 1.57 bits per heavy atom. The van der Waals surface area contributed by atoms with E-state index in [-0.39, 0.29) is 30.0 Å². The first kappa shape index (κ1) is 38.8. The minimum atomic E-state index is -0.210. The molecule has 7 nitrogen and oxygen atoms in total. The van der Waals surface area contributed by atoms with Crippen LogP contribution in [0, 0.1) is 23.2 Å². The van der Waals surface area contributed by atoms with Crippen LogP contribution in [0.15, 0.2) is 18.2 Å². The van der Waals surface area contributed by atoms with Crippen LogP contribution in [-0.2, 0) is 19.0 Å². The molecule has 2 saturated heterocycles. The van der Waals surface area contributed by atoms with Gasteiger partial charge in [-0.15, -0.1) is 0 Å². The average Bonchev–Trinajstić information content (AvgIpc) is 3.48. The quantitative estimate of drug-likeness (QED) is 0.141. The molecule has 5 aliphatic rings. The number of nitrogens with zero attached hydrogens (tertiary/aromatic N) is 1. The minimum absolute atomic E-state index is 0.0611. The number of hydrogen-bond acceptors (Lipinski definition) is 6. The summed E-state index contributed by atoms with van der Waals surface area (Å²) in [5.74, 6) is 2.78. The summed E-state index contributed by atoms with van der Waals surface area (Å²) in [6.07, 6.45) is 24.1. The second kappa shape index (κ2) is 18.9. The summed E-state index contributed by atoms with van der Waals surface area (Å²) in [4.78, 5) is 28.9. The Kier molecular flexibility index (Phi) is 14.3. The summed E-state index contributed by atoms with van der Waals surface area (Å²) in [7, 11) is 1.94. The zero-order chi connectivity index (χ0) is 35.6. The van der Waals surface area contributed by atoms with Crippen LogP contribution in [0.1, 0.15) is 177 Å². The van der Waals surface area contributed by atoms with Crippen LogP contribution in [0.2, 0.25) is 0 Å². The van der Waals surface area contributed by atoms with Gasteiger partial charge in [-0.2, -0.15) is 0 Å². The molecule has 4 fully saturated rings. The number of amides is 1. The lowest BCUT2D eigenvalue weighted by atomic mass is 9.51. The van der Waals surface area contributed by atoms with Gasteiger partial charge in [-0.1, -0.05) is 71.3 Å². The normalized spacial score (nSPS) is 31.8. The van der Waals surface area contributed by atoms with Gasteiger partial charge in [-0.25, -0.2) is 0 Å². The van der Waals surface area contributed by atoms with Gasteiger partial charge in [0.1, 0.15) is 5.75 Å². The van der Waals surface area contributed by atoms with E-state index in [0.717, 1.165) is 127 Å². The molecule has 0 aromatic heterocycles. The van der Waals surface area contributed by atoms with E-state index in [0.29, 0.717) is 35.9 Å². The van der Waals surface area contributed by atoms with E-state index >= 15 is 0 Å². The molecule has 1 aromatic rings. The number of benzene rings is 1. The van der Waals surface area contributed by atoms with Gasteiger partial charge < -0.3 is 23.8 Å². The van der Waals surface area contributed by atoms with Gasteiger partial charge in [0.15, 0.2) is 18.4 Å². The second-order valence-electron chi connectivity index (χ2n) is 17.0. The first-order valence-corrected chi connectivity index (χ1v) is 21.4.